The highest BCUT2D eigenvalue weighted by atomic mass is 79.9. The average Bonchev–Trinajstić information content (AvgIpc) is 2.88. The van der Waals surface area contributed by atoms with Crippen molar-refractivity contribution in [1.29, 1.82) is 0 Å². The van der Waals surface area contributed by atoms with Crippen molar-refractivity contribution in [2.75, 3.05) is 0 Å². The summed E-state index contributed by atoms with van der Waals surface area (Å²) >= 11 is 3.47. The number of hydrogen-bond donors (Lipinski definition) is 1. The molecule has 1 aromatic carbocycles. The van der Waals surface area contributed by atoms with E-state index in [9.17, 15) is 4.79 Å². The number of carboxylic acid groups (broad SMARTS) is 1. The lowest BCUT2D eigenvalue weighted by molar-refractivity contribution is -0.141. The van der Waals surface area contributed by atoms with E-state index in [4.69, 9.17) is 9.63 Å². The fourth-order valence-electron chi connectivity index (χ4n) is 1.76. The second kappa shape index (κ2) is 6.17. The molecule has 1 aromatic heterocycles. The van der Waals surface area contributed by atoms with Crippen LogP contribution in [-0.4, -0.2) is 21.2 Å². The first-order valence-electron chi connectivity index (χ1n) is 6.27. The summed E-state index contributed by atoms with van der Waals surface area (Å²) < 4.78 is 6.15. The molecule has 2 aromatic rings. The normalized spacial score (nSPS) is 13.9. The van der Waals surface area contributed by atoms with Gasteiger partial charge in [-0.1, -0.05) is 53.1 Å². The topological polar surface area (TPSA) is 76.2 Å². The average molecular weight is 339 g/mol. The highest BCUT2D eigenvalue weighted by molar-refractivity contribution is 9.10. The van der Waals surface area contributed by atoms with Crippen LogP contribution in [0.1, 0.15) is 37.0 Å². The fraction of sp³-hybridized carbons (Fsp3) is 0.357. The Morgan fingerprint density at radius 1 is 1.40 bits per heavy atom. The summed E-state index contributed by atoms with van der Waals surface area (Å²) in [6, 6.07) is 7.80. The van der Waals surface area contributed by atoms with Gasteiger partial charge in [0.15, 0.2) is 5.82 Å². The van der Waals surface area contributed by atoms with Crippen LogP contribution < -0.4 is 0 Å². The molecule has 2 atom stereocenters. The maximum atomic E-state index is 11.0. The van der Waals surface area contributed by atoms with E-state index in [0.717, 1.165) is 10.0 Å². The fourth-order valence-corrected chi connectivity index (χ4v) is 2.19. The summed E-state index contributed by atoms with van der Waals surface area (Å²) in [5, 5.41) is 12.9. The predicted molar refractivity (Wildman–Crippen MR) is 76.5 cm³/mol. The third-order valence-electron chi connectivity index (χ3n) is 3.32. The molecule has 0 fully saturated rings. The lowest BCUT2D eigenvalue weighted by Gasteiger charge is -2.10. The zero-order valence-corrected chi connectivity index (χ0v) is 12.8. The molecule has 1 N–H and O–H groups in total. The molecule has 0 spiro atoms. The van der Waals surface area contributed by atoms with Gasteiger partial charge in [-0.05, 0) is 11.6 Å². The Balaban J connectivity index is 2.13. The van der Waals surface area contributed by atoms with Crippen LogP contribution in [0, 0.1) is 5.92 Å². The number of benzene rings is 1. The van der Waals surface area contributed by atoms with Crippen LogP contribution in [0.3, 0.4) is 0 Å². The number of rotatable bonds is 5. The Morgan fingerprint density at radius 3 is 2.75 bits per heavy atom. The van der Waals surface area contributed by atoms with Gasteiger partial charge < -0.3 is 9.63 Å². The molecule has 0 aliphatic rings. The molecule has 1 heterocycles. The molecule has 0 aliphatic carbocycles. The molecule has 6 heteroatoms. The number of carbonyl (C=O) groups is 1. The second-order valence-corrected chi connectivity index (χ2v) is 5.59. The lowest BCUT2D eigenvalue weighted by Crippen LogP contribution is -2.16. The first-order valence-corrected chi connectivity index (χ1v) is 7.07. The molecule has 2 unspecified atom stereocenters. The molecule has 0 aliphatic heterocycles. The molecule has 2 rings (SSSR count). The zero-order chi connectivity index (χ0) is 14.7. The quantitative estimate of drug-likeness (QED) is 0.905. The summed E-state index contributed by atoms with van der Waals surface area (Å²) in [6.45, 7) is 3.40. The van der Waals surface area contributed by atoms with Gasteiger partial charge in [0.2, 0.25) is 5.89 Å². The van der Waals surface area contributed by atoms with Gasteiger partial charge in [-0.25, -0.2) is 0 Å². The van der Waals surface area contributed by atoms with E-state index in [1.54, 1.807) is 13.8 Å². The standard InChI is InChI=1S/C14H15BrN2O3/c1-8(9(2)14(18)19)13-16-12(17-20-13)7-10-5-3-4-6-11(10)15/h3-6,8-9H,7H2,1-2H3,(H,18,19). The SMILES string of the molecule is CC(C(=O)O)C(C)c1nc(Cc2ccccc2Br)no1. The predicted octanol–water partition coefficient (Wildman–Crippen LogP) is 3.25. The molecule has 20 heavy (non-hydrogen) atoms. The number of aliphatic carboxylic acids is 1. The highest BCUT2D eigenvalue weighted by Crippen LogP contribution is 2.24. The molecule has 0 radical (unpaired) electrons. The monoisotopic (exact) mass is 338 g/mol. The maximum Gasteiger partial charge on any atom is 0.307 e. The van der Waals surface area contributed by atoms with Crippen molar-refractivity contribution in [2.24, 2.45) is 5.92 Å². The summed E-state index contributed by atoms with van der Waals surface area (Å²) in [6.07, 6.45) is 0.541. The van der Waals surface area contributed by atoms with Crippen LogP contribution in [0.2, 0.25) is 0 Å². The van der Waals surface area contributed by atoms with Crippen molar-refractivity contribution < 1.29 is 14.4 Å². The van der Waals surface area contributed by atoms with Crippen molar-refractivity contribution in [3.8, 4) is 0 Å². The van der Waals surface area contributed by atoms with E-state index >= 15 is 0 Å². The Kier molecular flexibility index (Phi) is 4.54. The molecular formula is C14H15BrN2O3. The van der Waals surface area contributed by atoms with Gasteiger partial charge in [-0.15, -0.1) is 0 Å². The minimum absolute atomic E-state index is 0.312. The zero-order valence-electron chi connectivity index (χ0n) is 11.2. The van der Waals surface area contributed by atoms with Crippen molar-refractivity contribution >= 4 is 21.9 Å². The lowest BCUT2D eigenvalue weighted by atomic mass is 9.96. The first kappa shape index (κ1) is 14.7. The third-order valence-corrected chi connectivity index (χ3v) is 4.09. The third kappa shape index (κ3) is 3.25. The van der Waals surface area contributed by atoms with Gasteiger partial charge >= 0.3 is 5.97 Å². The van der Waals surface area contributed by atoms with Crippen LogP contribution >= 0.6 is 15.9 Å². The van der Waals surface area contributed by atoms with E-state index in [0.29, 0.717) is 18.1 Å². The molecule has 0 saturated carbocycles. The molecule has 0 saturated heterocycles. The van der Waals surface area contributed by atoms with E-state index in [1.165, 1.54) is 0 Å². The number of carboxylic acids is 1. The highest BCUT2D eigenvalue weighted by Gasteiger charge is 2.25. The number of hydrogen-bond acceptors (Lipinski definition) is 4. The molecule has 0 amide bonds. The Morgan fingerprint density at radius 2 is 2.10 bits per heavy atom. The van der Waals surface area contributed by atoms with Crippen LogP contribution in [-0.2, 0) is 11.2 Å². The summed E-state index contributed by atoms with van der Waals surface area (Å²) in [5.41, 5.74) is 1.05. The minimum atomic E-state index is -0.872. The van der Waals surface area contributed by atoms with Gasteiger partial charge in [-0.3, -0.25) is 4.79 Å². The summed E-state index contributed by atoms with van der Waals surface area (Å²) in [5.74, 6) is -0.832. The van der Waals surface area contributed by atoms with Crippen LogP contribution in [0.4, 0.5) is 0 Å². The smallest absolute Gasteiger partial charge is 0.307 e. The second-order valence-electron chi connectivity index (χ2n) is 4.73. The largest absolute Gasteiger partial charge is 0.481 e. The number of nitrogens with zero attached hydrogens (tertiary/aromatic N) is 2. The molecule has 0 bridgehead atoms. The number of halogens is 1. The van der Waals surface area contributed by atoms with E-state index in [1.807, 2.05) is 24.3 Å². The Labute approximate surface area is 125 Å². The molecule has 5 nitrogen and oxygen atoms in total. The van der Waals surface area contributed by atoms with E-state index in [2.05, 4.69) is 26.1 Å². The van der Waals surface area contributed by atoms with Gasteiger partial charge in [0, 0.05) is 16.8 Å². The van der Waals surface area contributed by atoms with Crippen LogP contribution in [0.5, 0.6) is 0 Å². The van der Waals surface area contributed by atoms with Crippen molar-refractivity contribution in [3.63, 3.8) is 0 Å². The van der Waals surface area contributed by atoms with E-state index in [-0.39, 0.29) is 5.92 Å². The minimum Gasteiger partial charge on any atom is -0.481 e. The first-order chi connectivity index (χ1) is 9.49. The van der Waals surface area contributed by atoms with Gasteiger partial charge in [-0.2, -0.15) is 4.98 Å². The molecular weight excluding hydrogens is 324 g/mol. The summed E-state index contributed by atoms with van der Waals surface area (Å²) in [7, 11) is 0. The Bertz CT molecular complexity index is 612. The maximum absolute atomic E-state index is 11.0. The number of aromatic nitrogens is 2. The van der Waals surface area contributed by atoms with Crippen molar-refractivity contribution in [3.05, 3.63) is 46.0 Å². The van der Waals surface area contributed by atoms with Gasteiger partial charge in [0.05, 0.1) is 5.92 Å². The van der Waals surface area contributed by atoms with Gasteiger partial charge in [0.25, 0.3) is 0 Å². The van der Waals surface area contributed by atoms with E-state index < -0.39 is 11.9 Å². The van der Waals surface area contributed by atoms with Crippen LogP contribution in [0.15, 0.2) is 33.3 Å². The van der Waals surface area contributed by atoms with Crippen molar-refractivity contribution in [1.82, 2.24) is 10.1 Å². The summed E-state index contributed by atoms with van der Waals surface area (Å²) in [4.78, 5) is 15.2. The Hall–Kier alpha value is -1.69. The van der Waals surface area contributed by atoms with Crippen molar-refractivity contribution in [2.45, 2.75) is 26.2 Å². The van der Waals surface area contributed by atoms with Gasteiger partial charge in [0.1, 0.15) is 0 Å². The van der Waals surface area contributed by atoms with Crippen LogP contribution in [0.25, 0.3) is 0 Å². The molecule has 106 valence electrons.